The molecule has 1 aromatic rings. The monoisotopic (exact) mass is 293 g/mol. The van der Waals surface area contributed by atoms with Crippen molar-refractivity contribution in [2.45, 2.75) is 19.5 Å². The van der Waals surface area contributed by atoms with Gasteiger partial charge in [-0.3, -0.25) is 4.79 Å². The fourth-order valence-electron chi connectivity index (χ4n) is 1.69. The molecule has 0 fully saturated rings. The van der Waals surface area contributed by atoms with E-state index in [1.807, 2.05) is 0 Å². The summed E-state index contributed by atoms with van der Waals surface area (Å²) in [6.07, 6.45) is -3.02. The molecule has 8 heteroatoms. The Kier molecular flexibility index (Phi) is 5.29. The third-order valence-corrected chi connectivity index (χ3v) is 2.51. The first kappa shape index (κ1) is 16.2. The quantitative estimate of drug-likeness (QED) is 0.849. The number of aromatic nitrogens is 1. The average molecular weight is 293 g/mol. The number of alkyl halides is 3. The van der Waals surface area contributed by atoms with Gasteiger partial charge in [0.1, 0.15) is 6.54 Å². The Morgan fingerprint density at radius 2 is 2.10 bits per heavy atom. The zero-order valence-electron chi connectivity index (χ0n) is 11.1. The van der Waals surface area contributed by atoms with Crippen molar-refractivity contribution in [3.05, 3.63) is 23.6 Å². The second-order valence-corrected chi connectivity index (χ2v) is 4.11. The number of carbonyl (C=O) groups excluding carboxylic acids is 1. The van der Waals surface area contributed by atoms with Gasteiger partial charge < -0.3 is 10.2 Å². The highest BCUT2D eigenvalue weighted by Gasteiger charge is 2.34. The van der Waals surface area contributed by atoms with Gasteiger partial charge in [-0.1, -0.05) is 6.92 Å². The summed E-state index contributed by atoms with van der Waals surface area (Å²) in [4.78, 5) is 16.3. The smallest absolute Gasteiger partial charge is 0.371 e. The molecule has 0 saturated heterocycles. The van der Waals surface area contributed by atoms with Crippen molar-refractivity contribution in [1.82, 2.24) is 9.88 Å². The fourth-order valence-corrected chi connectivity index (χ4v) is 1.69. The van der Waals surface area contributed by atoms with Gasteiger partial charge in [0.25, 0.3) is 5.91 Å². The van der Waals surface area contributed by atoms with Gasteiger partial charge in [-0.05, 0) is 12.5 Å². The van der Waals surface area contributed by atoms with Crippen molar-refractivity contribution in [1.29, 1.82) is 0 Å². The van der Waals surface area contributed by atoms with E-state index < -0.39 is 30.0 Å². The number of hydrogen-bond donors (Lipinski definition) is 1. The van der Waals surface area contributed by atoms with E-state index in [1.54, 1.807) is 6.92 Å². The van der Waals surface area contributed by atoms with Crippen molar-refractivity contribution in [2.75, 3.05) is 25.5 Å². The van der Waals surface area contributed by atoms with Crippen molar-refractivity contribution >= 4 is 11.7 Å². The molecule has 0 radical (unpaired) electrons. The molecule has 0 aliphatic carbocycles. The number of pyridine rings is 1. The molecule has 1 N–H and O–H groups in total. The average Bonchev–Trinajstić information content (AvgIpc) is 2.36. The van der Waals surface area contributed by atoms with Gasteiger partial charge in [0.05, 0.1) is 5.56 Å². The van der Waals surface area contributed by atoms with Crippen molar-refractivity contribution in [3.8, 4) is 0 Å². The molecule has 0 aromatic carbocycles. The molecule has 4 nitrogen and oxygen atoms in total. The Morgan fingerprint density at radius 1 is 1.45 bits per heavy atom. The normalized spacial score (nSPS) is 11.3. The van der Waals surface area contributed by atoms with Crippen LogP contribution < -0.4 is 5.32 Å². The van der Waals surface area contributed by atoms with Crippen LogP contribution in [-0.4, -0.2) is 42.1 Å². The Morgan fingerprint density at radius 3 is 2.60 bits per heavy atom. The van der Waals surface area contributed by atoms with Crippen molar-refractivity contribution in [2.24, 2.45) is 0 Å². The summed E-state index contributed by atoms with van der Waals surface area (Å²) in [5, 5.41) is 2.43. The molecule has 112 valence electrons. The van der Waals surface area contributed by atoms with Gasteiger partial charge in [0.15, 0.2) is 11.6 Å². The van der Waals surface area contributed by atoms with Gasteiger partial charge >= 0.3 is 6.18 Å². The molecule has 1 aromatic heterocycles. The Labute approximate surface area is 113 Å². The van der Waals surface area contributed by atoms with Gasteiger partial charge in [-0.25, -0.2) is 9.37 Å². The molecular formula is C12H15F4N3O. The lowest BCUT2D eigenvalue weighted by molar-refractivity contribution is -0.140. The predicted molar refractivity (Wildman–Crippen MR) is 66.0 cm³/mol. The topological polar surface area (TPSA) is 45.2 Å². The van der Waals surface area contributed by atoms with Crippen LogP contribution in [0.25, 0.3) is 0 Å². The van der Waals surface area contributed by atoms with Gasteiger partial charge in [-0.15, -0.1) is 0 Å². The summed E-state index contributed by atoms with van der Waals surface area (Å²) in [6.45, 7) is 0.129. The van der Waals surface area contributed by atoms with Gasteiger partial charge in [0, 0.05) is 19.8 Å². The number of nitrogens with zero attached hydrogens (tertiary/aromatic N) is 2. The van der Waals surface area contributed by atoms with E-state index in [9.17, 15) is 22.4 Å². The van der Waals surface area contributed by atoms with Gasteiger partial charge in [0.2, 0.25) is 0 Å². The van der Waals surface area contributed by atoms with E-state index in [0.29, 0.717) is 11.3 Å². The molecule has 0 atom stereocenters. The second kappa shape index (κ2) is 6.53. The molecule has 0 aliphatic heterocycles. The van der Waals surface area contributed by atoms with E-state index >= 15 is 0 Å². The molecule has 0 aliphatic rings. The van der Waals surface area contributed by atoms with Crippen LogP contribution in [-0.2, 0) is 0 Å². The van der Waals surface area contributed by atoms with Crippen LogP contribution in [0.2, 0.25) is 0 Å². The van der Waals surface area contributed by atoms with E-state index in [1.165, 1.54) is 13.2 Å². The van der Waals surface area contributed by atoms with Crippen LogP contribution in [0.15, 0.2) is 12.3 Å². The third kappa shape index (κ3) is 4.07. The Hall–Kier alpha value is -1.86. The summed E-state index contributed by atoms with van der Waals surface area (Å²) < 4.78 is 51.2. The maximum absolute atomic E-state index is 13.9. The van der Waals surface area contributed by atoms with E-state index in [4.69, 9.17) is 0 Å². The summed E-state index contributed by atoms with van der Waals surface area (Å²) in [5.41, 5.74) is -0.429. The first-order chi connectivity index (χ1) is 9.30. The zero-order chi connectivity index (χ0) is 15.3. The molecule has 20 heavy (non-hydrogen) atoms. The first-order valence-corrected chi connectivity index (χ1v) is 5.98. The molecular weight excluding hydrogens is 278 g/mol. The van der Waals surface area contributed by atoms with Crippen LogP contribution in [0.4, 0.5) is 23.4 Å². The molecule has 0 saturated carbocycles. The fraction of sp³-hybridized carbons (Fsp3) is 0.500. The van der Waals surface area contributed by atoms with Crippen LogP contribution in [0.1, 0.15) is 23.7 Å². The number of rotatable bonds is 5. The summed E-state index contributed by atoms with van der Waals surface area (Å²) >= 11 is 0. The molecule has 1 heterocycles. The number of anilines is 1. The lowest BCUT2D eigenvalue weighted by atomic mass is 10.2. The molecule has 0 bridgehead atoms. The molecule has 0 spiro atoms. The largest absolute Gasteiger partial charge is 0.406 e. The lowest BCUT2D eigenvalue weighted by Gasteiger charge is -2.23. The third-order valence-electron chi connectivity index (χ3n) is 2.51. The van der Waals surface area contributed by atoms with Crippen molar-refractivity contribution < 1.29 is 22.4 Å². The summed E-state index contributed by atoms with van der Waals surface area (Å²) in [5.74, 6) is -2.14. The second-order valence-electron chi connectivity index (χ2n) is 4.11. The minimum absolute atomic E-state index is 0.102. The SMILES string of the molecule is CCCN(CC(F)(F)F)C(=O)c1ccnc(NC)c1F. The molecule has 0 unspecified atom stereocenters. The van der Waals surface area contributed by atoms with E-state index in [0.717, 1.165) is 6.07 Å². The zero-order valence-corrected chi connectivity index (χ0v) is 11.1. The standard InChI is InChI=1S/C12H15F4N3O/c1-3-6-19(7-12(14,15)16)11(20)8-4-5-18-10(17-2)9(8)13/h4-5H,3,6-7H2,1-2H3,(H,17,18). The highest BCUT2D eigenvalue weighted by Crippen LogP contribution is 2.21. The summed E-state index contributed by atoms with van der Waals surface area (Å²) in [6, 6.07) is 1.07. The number of hydrogen-bond acceptors (Lipinski definition) is 3. The Bertz CT molecular complexity index is 476. The number of carbonyl (C=O) groups is 1. The highest BCUT2D eigenvalue weighted by atomic mass is 19.4. The maximum atomic E-state index is 13.9. The predicted octanol–water partition coefficient (Wildman–Crippen LogP) is 2.68. The molecule has 1 amide bonds. The maximum Gasteiger partial charge on any atom is 0.406 e. The van der Waals surface area contributed by atoms with E-state index in [2.05, 4.69) is 10.3 Å². The number of halogens is 4. The highest BCUT2D eigenvalue weighted by molar-refractivity contribution is 5.95. The minimum atomic E-state index is -4.53. The Balaban J connectivity index is 3.06. The van der Waals surface area contributed by atoms with Crippen LogP contribution in [0.3, 0.4) is 0 Å². The van der Waals surface area contributed by atoms with E-state index in [-0.39, 0.29) is 12.4 Å². The minimum Gasteiger partial charge on any atom is -0.371 e. The van der Waals surface area contributed by atoms with Crippen LogP contribution >= 0.6 is 0 Å². The van der Waals surface area contributed by atoms with Gasteiger partial charge in [-0.2, -0.15) is 13.2 Å². The first-order valence-electron chi connectivity index (χ1n) is 5.98. The van der Waals surface area contributed by atoms with Crippen LogP contribution in [0, 0.1) is 5.82 Å². The summed E-state index contributed by atoms with van der Waals surface area (Å²) in [7, 11) is 1.40. The number of amides is 1. The lowest BCUT2D eigenvalue weighted by Crippen LogP contribution is -2.39. The van der Waals surface area contributed by atoms with Crippen molar-refractivity contribution in [3.63, 3.8) is 0 Å². The molecule has 1 rings (SSSR count). The number of nitrogens with one attached hydrogen (secondary N) is 1. The van der Waals surface area contributed by atoms with Crippen LogP contribution in [0.5, 0.6) is 0 Å².